The van der Waals surface area contributed by atoms with Crippen LogP contribution in [0.5, 0.6) is 0 Å². The highest BCUT2D eigenvalue weighted by Gasteiger charge is 2.10. The standard InChI is InChI=1S/C11H17N3O2/c1-4-5-7(2)13-11-12-6-9(10(15)16)8(3)14-11/h6-7H,4-5H2,1-3H3,(H,15,16)(H,12,13,14). The zero-order chi connectivity index (χ0) is 12.1. The molecule has 1 aromatic rings. The zero-order valence-electron chi connectivity index (χ0n) is 9.82. The van der Waals surface area contributed by atoms with Crippen LogP contribution in [0.2, 0.25) is 0 Å². The maximum atomic E-state index is 10.8. The monoisotopic (exact) mass is 223 g/mol. The third-order valence-electron chi connectivity index (χ3n) is 2.31. The molecule has 0 saturated heterocycles. The molecule has 0 radical (unpaired) electrons. The summed E-state index contributed by atoms with van der Waals surface area (Å²) in [6.45, 7) is 5.83. The number of anilines is 1. The Bertz CT molecular complexity index is 379. The van der Waals surface area contributed by atoms with Gasteiger partial charge in [0.15, 0.2) is 0 Å². The highest BCUT2D eigenvalue weighted by Crippen LogP contribution is 2.09. The van der Waals surface area contributed by atoms with Crippen molar-refractivity contribution in [2.75, 3.05) is 5.32 Å². The van der Waals surface area contributed by atoms with Gasteiger partial charge in [0, 0.05) is 12.2 Å². The van der Waals surface area contributed by atoms with E-state index in [2.05, 4.69) is 22.2 Å². The molecule has 16 heavy (non-hydrogen) atoms. The van der Waals surface area contributed by atoms with Crippen molar-refractivity contribution in [3.63, 3.8) is 0 Å². The number of aromatic nitrogens is 2. The first-order valence-electron chi connectivity index (χ1n) is 5.38. The lowest BCUT2D eigenvalue weighted by atomic mass is 10.2. The van der Waals surface area contributed by atoms with Gasteiger partial charge in [-0.2, -0.15) is 0 Å². The van der Waals surface area contributed by atoms with E-state index in [1.54, 1.807) is 6.92 Å². The van der Waals surface area contributed by atoms with Crippen LogP contribution in [0.1, 0.15) is 42.7 Å². The Morgan fingerprint density at radius 2 is 2.31 bits per heavy atom. The van der Waals surface area contributed by atoms with Gasteiger partial charge < -0.3 is 10.4 Å². The molecule has 2 N–H and O–H groups in total. The molecule has 0 fully saturated rings. The molecule has 0 aliphatic heterocycles. The number of hydrogen-bond acceptors (Lipinski definition) is 4. The average Bonchev–Trinajstić information content (AvgIpc) is 2.17. The second-order valence-corrected chi connectivity index (χ2v) is 3.83. The Labute approximate surface area is 94.9 Å². The van der Waals surface area contributed by atoms with Crippen LogP contribution in [0.4, 0.5) is 5.95 Å². The van der Waals surface area contributed by atoms with E-state index < -0.39 is 5.97 Å². The first-order chi connectivity index (χ1) is 7.54. The fraction of sp³-hybridized carbons (Fsp3) is 0.545. The van der Waals surface area contributed by atoms with Crippen LogP contribution >= 0.6 is 0 Å². The Balaban J connectivity index is 2.77. The molecule has 0 spiro atoms. The Morgan fingerprint density at radius 1 is 1.62 bits per heavy atom. The number of carboxylic acid groups (broad SMARTS) is 1. The lowest BCUT2D eigenvalue weighted by molar-refractivity contribution is 0.0695. The van der Waals surface area contributed by atoms with Crippen LogP contribution in [0.15, 0.2) is 6.20 Å². The maximum absolute atomic E-state index is 10.8. The maximum Gasteiger partial charge on any atom is 0.339 e. The number of rotatable bonds is 5. The molecule has 0 aromatic carbocycles. The van der Waals surface area contributed by atoms with Crippen LogP contribution < -0.4 is 5.32 Å². The predicted molar refractivity (Wildman–Crippen MR) is 61.7 cm³/mol. The summed E-state index contributed by atoms with van der Waals surface area (Å²) < 4.78 is 0. The molecule has 1 aromatic heterocycles. The molecule has 1 heterocycles. The normalized spacial score (nSPS) is 12.2. The number of carbonyl (C=O) groups is 1. The summed E-state index contributed by atoms with van der Waals surface area (Å²) in [7, 11) is 0. The van der Waals surface area contributed by atoms with Crippen molar-refractivity contribution in [1.82, 2.24) is 9.97 Å². The van der Waals surface area contributed by atoms with E-state index in [1.807, 2.05) is 6.92 Å². The van der Waals surface area contributed by atoms with E-state index in [9.17, 15) is 4.79 Å². The summed E-state index contributed by atoms with van der Waals surface area (Å²) in [4.78, 5) is 18.9. The smallest absolute Gasteiger partial charge is 0.339 e. The zero-order valence-corrected chi connectivity index (χ0v) is 9.82. The molecule has 1 atom stereocenters. The van der Waals surface area contributed by atoms with Gasteiger partial charge in [-0.3, -0.25) is 0 Å². The van der Waals surface area contributed by atoms with E-state index in [0.717, 1.165) is 12.8 Å². The topological polar surface area (TPSA) is 75.1 Å². The molecule has 0 aliphatic rings. The van der Waals surface area contributed by atoms with E-state index in [1.165, 1.54) is 6.20 Å². The van der Waals surface area contributed by atoms with Crippen LogP contribution in [0, 0.1) is 6.92 Å². The van der Waals surface area contributed by atoms with Crippen LogP contribution in [0.25, 0.3) is 0 Å². The second-order valence-electron chi connectivity index (χ2n) is 3.83. The first-order valence-corrected chi connectivity index (χ1v) is 5.38. The molecule has 1 unspecified atom stereocenters. The molecule has 88 valence electrons. The second kappa shape index (κ2) is 5.44. The van der Waals surface area contributed by atoms with Gasteiger partial charge in [0.25, 0.3) is 0 Å². The largest absolute Gasteiger partial charge is 0.478 e. The van der Waals surface area contributed by atoms with Crippen LogP contribution in [0.3, 0.4) is 0 Å². The van der Waals surface area contributed by atoms with E-state index >= 15 is 0 Å². The van der Waals surface area contributed by atoms with Crippen LogP contribution in [-0.4, -0.2) is 27.1 Å². The third kappa shape index (κ3) is 3.18. The number of nitrogens with zero attached hydrogens (tertiary/aromatic N) is 2. The summed E-state index contributed by atoms with van der Waals surface area (Å²) in [5, 5.41) is 12.0. The highest BCUT2D eigenvalue weighted by molar-refractivity contribution is 5.88. The summed E-state index contributed by atoms with van der Waals surface area (Å²) >= 11 is 0. The van der Waals surface area contributed by atoms with Gasteiger partial charge in [0.2, 0.25) is 5.95 Å². The van der Waals surface area contributed by atoms with E-state index in [0.29, 0.717) is 17.7 Å². The third-order valence-corrected chi connectivity index (χ3v) is 2.31. The van der Waals surface area contributed by atoms with Crippen molar-refractivity contribution in [1.29, 1.82) is 0 Å². The Hall–Kier alpha value is -1.65. The summed E-state index contributed by atoms with van der Waals surface area (Å²) in [5.74, 6) is -0.505. The number of aryl methyl sites for hydroxylation is 1. The fourth-order valence-corrected chi connectivity index (χ4v) is 1.47. The van der Waals surface area contributed by atoms with Gasteiger partial charge >= 0.3 is 5.97 Å². The Kier molecular flexibility index (Phi) is 4.22. The number of carboxylic acids is 1. The van der Waals surface area contributed by atoms with Crippen molar-refractivity contribution in [3.8, 4) is 0 Å². The molecule has 5 nitrogen and oxygen atoms in total. The van der Waals surface area contributed by atoms with Gasteiger partial charge in [0.05, 0.1) is 11.3 Å². The van der Waals surface area contributed by atoms with Crippen molar-refractivity contribution in [2.45, 2.75) is 39.7 Å². The lowest BCUT2D eigenvalue weighted by Gasteiger charge is -2.12. The van der Waals surface area contributed by atoms with Crippen molar-refractivity contribution < 1.29 is 9.90 Å². The number of aromatic carboxylic acids is 1. The van der Waals surface area contributed by atoms with Crippen molar-refractivity contribution in [3.05, 3.63) is 17.5 Å². The van der Waals surface area contributed by atoms with Crippen molar-refractivity contribution >= 4 is 11.9 Å². The average molecular weight is 223 g/mol. The van der Waals surface area contributed by atoms with Gasteiger partial charge in [0.1, 0.15) is 0 Å². The molecule has 5 heteroatoms. The quantitative estimate of drug-likeness (QED) is 0.799. The van der Waals surface area contributed by atoms with E-state index in [4.69, 9.17) is 5.11 Å². The van der Waals surface area contributed by atoms with Gasteiger partial charge in [-0.05, 0) is 20.3 Å². The first kappa shape index (κ1) is 12.4. The molecular weight excluding hydrogens is 206 g/mol. The number of nitrogens with one attached hydrogen (secondary N) is 1. The molecule has 0 saturated carbocycles. The molecule has 1 rings (SSSR count). The van der Waals surface area contributed by atoms with Gasteiger partial charge in [-0.15, -0.1) is 0 Å². The van der Waals surface area contributed by atoms with Gasteiger partial charge in [-0.25, -0.2) is 14.8 Å². The summed E-state index contributed by atoms with van der Waals surface area (Å²) in [6, 6.07) is 0.292. The molecule has 0 amide bonds. The number of hydrogen-bond donors (Lipinski definition) is 2. The van der Waals surface area contributed by atoms with Crippen molar-refractivity contribution in [2.24, 2.45) is 0 Å². The fourth-order valence-electron chi connectivity index (χ4n) is 1.47. The molecular formula is C11H17N3O2. The highest BCUT2D eigenvalue weighted by atomic mass is 16.4. The van der Waals surface area contributed by atoms with Gasteiger partial charge in [-0.1, -0.05) is 13.3 Å². The van der Waals surface area contributed by atoms with E-state index in [-0.39, 0.29) is 5.56 Å². The minimum Gasteiger partial charge on any atom is -0.478 e. The summed E-state index contributed by atoms with van der Waals surface area (Å²) in [6.07, 6.45) is 3.45. The minimum absolute atomic E-state index is 0.147. The molecule has 0 bridgehead atoms. The Morgan fingerprint density at radius 3 is 2.81 bits per heavy atom. The SMILES string of the molecule is CCCC(C)Nc1ncc(C(=O)O)c(C)n1. The summed E-state index contributed by atoms with van der Waals surface area (Å²) in [5.41, 5.74) is 0.627. The molecule has 0 aliphatic carbocycles. The predicted octanol–water partition coefficient (Wildman–Crippen LogP) is 2.08. The lowest BCUT2D eigenvalue weighted by Crippen LogP contribution is -2.17. The van der Waals surface area contributed by atoms with Crippen LogP contribution in [-0.2, 0) is 0 Å². The minimum atomic E-state index is -0.995.